The van der Waals surface area contributed by atoms with E-state index in [1.807, 2.05) is 6.20 Å². The topological polar surface area (TPSA) is 68.4 Å². The van der Waals surface area contributed by atoms with E-state index in [1.165, 1.54) is 22.9 Å². The highest BCUT2D eigenvalue weighted by Gasteiger charge is 2.24. The first kappa shape index (κ1) is 18.0. The first-order valence-electron chi connectivity index (χ1n) is 9.36. The number of H-pyrrole nitrogens is 1. The lowest BCUT2D eigenvalue weighted by Crippen LogP contribution is -2.40. The molecule has 1 aliphatic heterocycles. The molecule has 1 saturated heterocycles. The minimum Gasteiger partial charge on any atom is -0.396 e. The quantitative estimate of drug-likeness (QED) is 0.689. The summed E-state index contributed by atoms with van der Waals surface area (Å²) in [6.07, 6.45) is 6.43. The molecule has 0 bridgehead atoms. The molecule has 3 rings (SSSR count). The Kier molecular flexibility index (Phi) is 6.10. The standard InChI is InChI=1S/C20H29N3O2/c1-15-5-2-7-18-20(15)16(13-21-18)8-9-19(25)22-14-17-6-3-10-23(17)11-4-12-24/h2,5,7,13,17,21,24H,3-4,6,8-12,14H2,1H3,(H,22,25). The number of hydrogen-bond donors (Lipinski definition) is 3. The van der Waals surface area contributed by atoms with Gasteiger partial charge in [0.2, 0.25) is 5.91 Å². The molecule has 0 aliphatic carbocycles. The number of carbonyl (C=O) groups excluding carboxylic acids is 1. The summed E-state index contributed by atoms with van der Waals surface area (Å²) in [4.78, 5) is 17.9. The fraction of sp³-hybridized carbons (Fsp3) is 0.550. The Morgan fingerprint density at radius 1 is 1.44 bits per heavy atom. The van der Waals surface area contributed by atoms with Crippen molar-refractivity contribution in [3.8, 4) is 0 Å². The van der Waals surface area contributed by atoms with E-state index < -0.39 is 0 Å². The van der Waals surface area contributed by atoms with E-state index in [0.29, 0.717) is 12.5 Å². The maximum Gasteiger partial charge on any atom is 0.220 e. The number of aromatic nitrogens is 1. The van der Waals surface area contributed by atoms with Crippen LogP contribution in [0, 0.1) is 6.92 Å². The van der Waals surface area contributed by atoms with Gasteiger partial charge in [0.1, 0.15) is 0 Å². The second-order valence-electron chi connectivity index (χ2n) is 7.02. The molecule has 5 nitrogen and oxygen atoms in total. The van der Waals surface area contributed by atoms with E-state index in [0.717, 1.165) is 44.4 Å². The summed E-state index contributed by atoms with van der Waals surface area (Å²) in [5.74, 6) is 0.122. The van der Waals surface area contributed by atoms with Crippen LogP contribution in [0.4, 0.5) is 0 Å². The average molecular weight is 343 g/mol. The number of fused-ring (bicyclic) bond motifs is 1. The second-order valence-corrected chi connectivity index (χ2v) is 7.02. The van der Waals surface area contributed by atoms with Crippen LogP contribution in [0.15, 0.2) is 24.4 Å². The van der Waals surface area contributed by atoms with Gasteiger partial charge in [-0.05, 0) is 56.3 Å². The molecular weight excluding hydrogens is 314 g/mol. The molecular formula is C20H29N3O2. The lowest BCUT2D eigenvalue weighted by molar-refractivity contribution is -0.121. The van der Waals surface area contributed by atoms with Gasteiger partial charge in [0.15, 0.2) is 0 Å². The number of carbonyl (C=O) groups is 1. The zero-order valence-electron chi connectivity index (χ0n) is 15.1. The van der Waals surface area contributed by atoms with Crippen LogP contribution in [0.5, 0.6) is 0 Å². The van der Waals surface area contributed by atoms with Crippen LogP contribution < -0.4 is 5.32 Å². The Labute approximate surface area is 149 Å². The van der Waals surface area contributed by atoms with Crippen LogP contribution in [-0.4, -0.2) is 53.2 Å². The summed E-state index contributed by atoms with van der Waals surface area (Å²) in [7, 11) is 0. The number of aromatic amines is 1. The van der Waals surface area contributed by atoms with Crippen molar-refractivity contribution in [2.45, 2.75) is 45.1 Å². The molecule has 1 amide bonds. The molecule has 2 aromatic rings. The Morgan fingerprint density at radius 3 is 3.16 bits per heavy atom. The average Bonchev–Trinajstić information content (AvgIpc) is 3.23. The monoisotopic (exact) mass is 343 g/mol. The highest BCUT2D eigenvalue weighted by Crippen LogP contribution is 2.23. The molecule has 2 heterocycles. The number of nitrogens with zero attached hydrogens (tertiary/aromatic N) is 1. The molecule has 1 fully saturated rings. The van der Waals surface area contributed by atoms with E-state index in [1.54, 1.807) is 0 Å². The highest BCUT2D eigenvalue weighted by molar-refractivity contribution is 5.87. The molecule has 1 atom stereocenters. The van der Waals surface area contributed by atoms with Gasteiger partial charge < -0.3 is 15.4 Å². The Bertz CT molecular complexity index is 710. The van der Waals surface area contributed by atoms with Gasteiger partial charge in [-0.1, -0.05) is 12.1 Å². The largest absolute Gasteiger partial charge is 0.396 e. The maximum atomic E-state index is 12.3. The minimum atomic E-state index is 0.122. The van der Waals surface area contributed by atoms with E-state index in [-0.39, 0.29) is 12.5 Å². The number of aliphatic hydroxyl groups is 1. The first-order valence-corrected chi connectivity index (χ1v) is 9.36. The Balaban J connectivity index is 1.48. The van der Waals surface area contributed by atoms with Gasteiger partial charge in [0, 0.05) is 49.3 Å². The molecule has 25 heavy (non-hydrogen) atoms. The molecule has 136 valence electrons. The number of likely N-dealkylation sites (tertiary alicyclic amines) is 1. The number of aliphatic hydroxyl groups excluding tert-OH is 1. The molecule has 5 heteroatoms. The molecule has 3 N–H and O–H groups in total. The summed E-state index contributed by atoms with van der Waals surface area (Å²) in [6.45, 7) is 5.07. The van der Waals surface area contributed by atoms with Crippen molar-refractivity contribution < 1.29 is 9.90 Å². The molecule has 1 aromatic heterocycles. The summed E-state index contributed by atoms with van der Waals surface area (Å²) in [5, 5.41) is 13.3. The maximum absolute atomic E-state index is 12.3. The fourth-order valence-corrected chi connectivity index (χ4v) is 3.91. The lowest BCUT2D eigenvalue weighted by atomic mass is 10.0. The normalized spacial score (nSPS) is 18.1. The zero-order chi connectivity index (χ0) is 17.6. The Hall–Kier alpha value is -1.85. The van der Waals surface area contributed by atoms with Gasteiger partial charge in [0.25, 0.3) is 0 Å². The van der Waals surface area contributed by atoms with Crippen LogP contribution in [0.3, 0.4) is 0 Å². The molecule has 0 saturated carbocycles. The van der Waals surface area contributed by atoms with Gasteiger partial charge in [-0.15, -0.1) is 0 Å². The minimum absolute atomic E-state index is 0.122. The van der Waals surface area contributed by atoms with Crippen molar-refractivity contribution in [3.63, 3.8) is 0 Å². The number of rotatable bonds is 8. The van der Waals surface area contributed by atoms with Crippen LogP contribution in [0.1, 0.15) is 36.8 Å². The number of hydrogen-bond acceptors (Lipinski definition) is 3. The van der Waals surface area contributed by atoms with Crippen molar-refractivity contribution in [1.29, 1.82) is 0 Å². The predicted octanol–water partition coefficient (Wildman–Crippen LogP) is 2.37. The fourth-order valence-electron chi connectivity index (χ4n) is 3.91. The third-order valence-electron chi connectivity index (χ3n) is 5.25. The van der Waals surface area contributed by atoms with Gasteiger partial charge in [0.05, 0.1) is 0 Å². The van der Waals surface area contributed by atoms with Crippen LogP contribution >= 0.6 is 0 Å². The molecule has 1 unspecified atom stereocenters. The van der Waals surface area contributed by atoms with Crippen molar-refractivity contribution in [1.82, 2.24) is 15.2 Å². The molecule has 1 aromatic carbocycles. The van der Waals surface area contributed by atoms with E-state index in [9.17, 15) is 4.79 Å². The van der Waals surface area contributed by atoms with Crippen LogP contribution in [0.25, 0.3) is 10.9 Å². The van der Waals surface area contributed by atoms with E-state index >= 15 is 0 Å². The zero-order valence-corrected chi connectivity index (χ0v) is 15.1. The molecule has 0 radical (unpaired) electrons. The molecule has 1 aliphatic rings. The van der Waals surface area contributed by atoms with Crippen molar-refractivity contribution >= 4 is 16.8 Å². The Morgan fingerprint density at radius 2 is 2.32 bits per heavy atom. The highest BCUT2D eigenvalue weighted by atomic mass is 16.3. The summed E-state index contributed by atoms with van der Waals surface area (Å²) in [6, 6.07) is 6.66. The number of nitrogens with one attached hydrogen (secondary N) is 2. The van der Waals surface area contributed by atoms with Gasteiger partial charge in [-0.3, -0.25) is 9.69 Å². The predicted molar refractivity (Wildman–Crippen MR) is 101 cm³/mol. The van der Waals surface area contributed by atoms with Crippen molar-refractivity contribution in [3.05, 3.63) is 35.5 Å². The van der Waals surface area contributed by atoms with Gasteiger partial charge in [-0.2, -0.15) is 0 Å². The van der Waals surface area contributed by atoms with Crippen LogP contribution in [0.2, 0.25) is 0 Å². The van der Waals surface area contributed by atoms with E-state index in [4.69, 9.17) is 5.11 Å². The van der Waals surface area contributed by atoms with Crippen molar-refractivity contribution in [2.24, 2.45) is 0 Å². The van der Waals surface area contributed by atoms with E-state index in [2.05, 4.69) is 40.3 Å². The first-order chi connectivity index (χ1) is 12.2. The van der Waals surface area contributed by atoms with Gasteiger partial charge >= 0.3 is 0 Å². The second kappa shape index (κ2) is 8.50. The van der Waals surface area contributed by atoms with Crippen molar-refractivity contribution in [2.75, 3.05) is 26.2 Å². The third-order valence-corrected chi connectivity index (χ3v) is 5.25. The number of aryl methyl sites for hydroxylation is 2. The SMILES string of the molecule is Cc1cccc2[nH]cc(CCC(=O)NCC3CCCN3CCCO)c12. The smallest absolute Gasteiger partial charge is 0.220 e. The number of amides is 1. The molecule has 0 spiro atoms. The third kappa shape index (κ3) is 4.41. The summed E-state index contributed by atoms with van der Waals surface area (Å²) in [5.41, 5.74) is 3.61. The summed E-state index contributed by atoms with van der Waals surface area (Å²) < 4.78 is 0. The van der Waals surface area contributed by atoms with Crippen LogP contribution in [-0.2, 0) is 11.2 Å². The van der Waals surface area contributed by atoms with Gasteiger partial charge in [-0.25, -0.2) is 0 Å². The summed E-state index contributed by atoms with van der Waals surface area (Å²) >= 11 is 0. The number of benzene rings is 1. The lowest BCUT2D eigenvalue weighted by Gasteiger charge is -2.24.